The first-order valence-corrected chi connectivity index (χ1v) is 6.56. The summed E-state index contributed by atoms with van der Waals surface area (Å²) >= 11 is 0. The fraction of sp³-hybridized carbons (Fsp3) is 0.400. The Morgan fingerprint density at radius 3 is 2.95 bits per heavy atom. The van der Waals surface area contributed by atoms with Crippen LogP contribution in [0.25, 0.3) is 0 Å². The number of carbonyl (C=O) groups is 1. The first-order chi connectivity index (χ1) is 9.31. The minimum atomic E-state index is -0.283. The van der Waals surface area contributed by atoms with Gasteiger partial charge in [0.15, 0.2) is 0 Å². The van der Waals surface area contributed by atoms with E-state index in [9.17, 15) is 4.79 Å². The largest absolute Gasteiger partial charge is 0.445 e. The molecule has 1 fully saturated rings. The Morgan fingerprint density at radius 1 is 1.42 bits per heavy atom. The number of aliphatic hydroxyl groups is 1. The maximum Gasteiger partial charge on any atom is 0.410 e. The molecule has 0 radical (unpaired) electrons. The van der Waals surface area contributed by atoms with Crippen molar-refractivity contribution in [3.05, 3.63) is 48.0 Å². The quantitative estimate of drug-likeness (QED) is 0.846. The third kappa shape index (κ3) is 3.83. The molecule has 1 aromatic rings. The van der Waals surface area contributed by atoms with E-state index >= 15 is 0 Å². The highest BCUT2D eigenvalue weighted by Crippen LogP contribution is 2.19. The molecule has 1 aliphatic heterocycles. The summed E-state index contributed by atoms with van der Waals surface area (Å²) in [5.41, 5.74) is 0.984. The summed E-state index contributed by atoms with van der Waals surface area (Å²) in [5.74, 6) is 0. The minimum Gasteiger partial charge on any atom is -0.445 e. The summed E-state index contributed by atoms with van der Waals surface area (Å²) in [5, 5.41) is 8.78. The molecule has 0 saturated carbocycles. The van der Waals surface area contributed by atoms with Crippen molar-refractivity contribution >= 4 is 6.09 Å². The topological polar surface area (TPSA) is 49.8 Å². The molecule has 4 nitrogen and oxygen atoms in total. The fourth-order valence-electron chi connectivity index (χ4n) is 2.24. The molecule has 1 aromatic carbocycles. The van der Waals surface area contributed by atoms with E-state index in [2.05, 4.69) is 0 Å². The molecule has 2 rings (SSSR count). The molecule has 1 amide bonds. The van der Waals surface area contributed by atoms with E-state index in [0.29, 0.717) is 13.2 Å². The number of carbonyl (C=O) groups excluding carboxylic acids is 1. The van der Waals surface area contributed by atoms with Crippen LogP contribution in [-0.2, 0) is 11.3 Å². The van der Waals surface area contributed by atoms with Crippen molar-refractivity contribution in [2.24, 2.45) is 0 Å². The molecule has 1 saturated heterocycles. The van der Waals surface area contributed by atoms with Crippen LogP contribution in [0, 0.1) is 0 Å². The zero-order valence-corrected chi connectivity index (χ0v) is 10.9. The van der Waals surface area contributed by atoms with Crippen molar-refractivity contribution in [2.45, 2.75) is 25.5 Å². The van der Waals surface area contributed by atoms with Gasteiger partial charge in [-0.3, -0.25) is 0 Å². The number of nitrogens with zero attached hydrogens (tertiary/aromatic N) is 1. The number of likely N-dealkylation sites (tertiary alicyclic amines) is 1. The van der Waals surface area contributed by atoms with Gasteiger partial charge in [0.2, 0.25) is 0 Å². The predicted molar refractivity (Wildman–Crippen MR) is 72.6 cm³/mol. The predicted octanol–water partition coefficient (Wildman–Crippen LogP) is 2.34. The average Bonchev–Trinajstić information content (AvgIpc) is 2.92. The molecule has 0 spiro atoms. The Bertz CT molecular complexity index is 430. The Hall–Kier alpha value is -1.81. The lowest BCUT2D eigenvalue weighted by molar-refractivity contribution is 0.0974. The van der Waals surface area contributed by atoms with Gasteiger partial charge in [0.1, 0.15) is 6.61 Å². The molecule has 0 aromatic heterocycles. The van der Waals surface area contributed by atoms with Crippen molar-refractivity contribution in [3.8, 4) is 0 Å². The molecular weight excluding hydrogens is 242 g/mol. The highest BCUT2D eigenvalue weighted by molar-refractivity contribution is 5.68. The molecule has 0 unspecified atom stereocenters. The minimum absolute atomic E-state index is 0.00338. The van der Waals surface area contributed by atoms with Crippen LogP contribution in [-0.4, -0.2) is 35.3 Å². The highest BCUT2D eigenvalue weighted by atomic mass is 16.6. The van der Waals surface area contributed by atoms with Gasteiger partial charge in [-0.2, -0.15) is 0 Å². The first-order valence-electron chi connectivity index (χ1n) is 6.56. The molecule has 19 heavy (non-hydrogen) atoms. The van der Waals surface area contributed by atoms with Gasteiger partial charge in [0.25, 0.3) is 0 Å². The highest BCUT2D eigenvalue weighted by Gasteiger charge is 2.27. The van der Waals surface area contributed by atoms with Crippen LogP contribution in [0.15, 0.2) is 42.5 Å². The van der Waals surface area contributed by atoms with Gasteiger partial charge >= 0.3 is 6.09 Å². The molecule has 4 heteroatoms. The van der Waals surface area contributed by atoms with Gasteiger partial charge in [0, 0.05) is 6.54 Å². The van der Waals surface area contributed by atoms with Crippen LogP contribution in [0.1, 0.15) is 18.4 Å². The second-order valence-corrected chi connectivity index (χ2v) is 4.55. The van der Waals surface area contributed by atoms with E-state index in [1.165, 1.54) is 0 Å². The van der Waals surface area contributed by atoms with E-state index in [1.807, 2.05) is 36.4 Å². The number of hydrogen-bond donors (Lipinski definition) is 1. The summed E-state index contributed by atoms with van der Waals surface area (Å²) in [6.07, 6.45) is 5.16. The van der Waals surface area contributed by atoms with Gasteiger partial charge in [0.05, 0.1) is 12.6 Å². The van der Waals surface area contributed by atoms with Crippen molar-refractivity contribution in [3.63, 3.8) is 0 Å². The van der Waals surface area contributed by atoms with E-state index in [-0.39, 0.29) is 18.7 Å². The molecule has 1 atom stereocenters. The summed E-state index contributed by atoms with van der Waals surface area (Å²) in [7, 11) is 0. The van der Waals surface area contributed by atoms with Gasteiger partial charge < -0.3 is 14.7 Å². The van der Waals surface area contributed by atoms with Crippen LogP contribution in [0.4, 0.5) is 4.79 Å². The number of benzene rings is 1. The Morgan fingerprint density at radius 2 is 2.21 bits per heavy atom. The van der Waals surface area contributed by atoms with Crippen molar-refractivity contribution in [2.75, 3.05) is 13.2 Å². The molecule has 1 heterocycles. The van der Waals surface area contributed by atoms with E-state index in [4.69, 9.17) is 9.84 Å². The standard InChI is InChI=1S/C15H19NO3/c17-11-5-9-14-8-4-10-16(14)15(18)19-12-13-6-2-1-3-7-13/h1-3,5-7,9,14,17H,4,8,10-12H2/b9-5+/t14-/m1/s1. The van der Waals surface area contributed by atoms with E-state index in [1.54, 1.807) is 11.0 Å². The Balaban J connectivity index is 1.87. The molecule has 1 N–H and O–H groups in total. The lowest BCUT2D eigenvalue weighted by Crippen LogP contribution is -2.34. The zero-order chi connectivity index (χ0) is 13.5. The fourth-order valence-corrected chi connectivity index (χ4v) is 2.24. The maximum absolute atomic E-state index is 12.0. The molecule has 0 aliphatic carbocycles. The summed E-state index contributed by atoms with van der Waals surface area (Å²) in [6, 6.07) is 9.69. The summed E-state index contributed by atoms with van der Waals surface area (Å²) in [6.45, 7) is 1.02. The number of amides is 1. The monoisotopic (exact) mass is 261 g/mol. The second kappa shape index (κ2) is 6.95. The molecule has 0 bridgehead atoms. The Kier molecular flexibility index (Phi) is 4.98. The van der Waals surface area contributed by atoms with Crippen LogP contribution in [0.5, 0.6) is 0 Å². The van der Waals surface area contributed by atoms with Crippen LogP contribution in [0.3, 0.4) is 0 Å². The SMILES string of the molecule is O=C(OCc1ccccc1)N1CCC[C@@H]1/C=C/CO. The zero-order valence-electron chi connectivity index (χ0n) is 10.9. The van der Waals surface area contributed by atoms with Crippen molar-refractivity contribution in [1.29, 1.82) is 0 Å². The maximum atomic E-state index is 12.0. The van der Waals surface area contributed by atoms with Gasteiger partial charge in [-0.1, -0.05) is 42.5 Å². The van der Waals surface area contributed by atoms with Crippen molar-refractivity contribution in [1.82, 2.24) is 4.90 Å². The normalized spacial score (nSPS) is 19.0. The summed E-state index contributed by atoms with van der Waals surface area (Å²) < 4.78 is 5.31. The van der Waals surface area contributed by atoms with Crippen LogP contribution >= 0.6 is 0 Å². The third-order valence-electron chi connectivity index (χ3n) is 3.20. The Labute approximate surface area is 113 Å². The van der Waals surface area contributed by atoms with Crippen LogP contribution in [0.2, 0.25) is 0 Å². The molecule has 1 aliphatic rings. The van der Waals surface area contributed by atoms with Gasteiger partial charge in [-0.25, -0.2) is 4.79 Å². The van der Waals surface area contributed by atoms with Crippen molar-refractivity contribution < 1.29 is 14.6 Å². The second-order valence-electron chi connectivity index (χ2n) is 4.55. The lowest BCUT2D eigenvalue weighted by atomic mass is 10.2. The number of hydrogen-bond acceptors (Lipinski definition) is 3. The molecule has 102 valence electrons. The lowest BCUT2D eigenvalue weighted by Gasteiger charge is -2.21. The first kappa shape index (κ1) is 13.6. The van der Waals surface area contributed by atoms with Gasteiger partial charge in [-0.15, -0.1) is 0 Å². The van der Waals surface area contributed by atoms with Crippen LogP contribution < -0.4 is 0 Å². The summed E-state index contributed by atoms with van der Waals surface area (Å²) in [4.78, 5) is 13.7. The smallest absolute Gasteiger partial charge is 0.410 e. The number of ether oxygens (including phenoxy) is 1. The van der Waals surface area contributed by atoms with E-state index < -0.39 is 0 Å². The van der Waals surface area contributed by atoms with E-state index in [0.717, 1.165) is 18.4 Å². The third-order valence-corrected chi connectivity index (χ3v) is 3.20. The number of aliphatic hydroxyl groups excluding tert-OH is 1. The number of rotatable bonds is 4. The average molecular weight is 261 g/mol. The molecular formula is C15H19NO3. The van der Waals surface area contributed by atoms with Gasteiger partial charge in [-0.05, 0) is 18.4 Å².